The first-order valence-corrected chi connectivity index (χ1v) is 7.48. The number of likely N-dealkylation sites (tertiary alicyclic amines) is 1. The van der Waals surface area contributed by atoms with Gasteiger partial charge in [-0.05, 0) is 25.8 Å². The summed E-state index contributed by atoms with van der Waals surface area (Å²) < 4.78 is 0. The summed E-state index contributed by atoms with van der Waals surface area (Å²) in [6, 6.07) is 0. The van der Waals surface area contributed by atoms with E-state index in [0.717, 1.165) is 58.7 Å². The van der Waals surface area contributed by atoms with Gasteiger partial charge in [-0.2, -0.15) is 0 Å². The summed E-state index contributed by atoms with van der Waals surface area (Å²) in [7, 11) is 0. The fourth-order valence-electron chi connectivity index (χ4n) is 2.81. The molecule has 5 heteroatoms. The third-order valence-electron chi connectivity index (χ3n) is 4.18. The van der Waals surface area contributed by atoms with Crippen LogP contribution in [0.5, 0.6) is 0 Å². The van der Waals surface area contributed by atoms with Crippen molar-refractivity contribution in [2.45, 2.75) is 32.6 Å². The maximum Gasteiger partial charge on any atom is 0.232 e. The molecule has 0 saturated carbocycles. The number of carbonyl (C=O) groups excluding carboxylic acids is 2. The molecule has 2 amide bonds. The van der Waals surface area contributed by atoms with E-state index in [1.165, 1.54) is 6.42 Å². The van der Waals surface area contributed by atoms with Gasteiger partial charge in [0.1, 0.15) is 6.42 Å². The van der Waals surface area contributed by atoms with E-state index in [1.807, 2.05) is 9.80 Å². The van der Waals surface area contributed by atoms with E-state index in [4.69, 9.17) is 0 Å². The number of piperazine rings is 1. The minimum atomic E-state index is 0.00586. The van der Waals surface area contributed by atoms with E-state index in [9.17, 15) is 9.59 Å². The molecule has 0 spiro atoms. The number of likely N-dealkylation sites (N-methyl/N-ethyl adjacent to an activating group) is 1. The van der Waals surface area contributed by atoms with Crippen LogP contribution in [0.15, 0.2) is 0 Å². The number of piperidine rings is 1. The first-order chi connectivity index (χ1) is 9.20. The van der Waals surface area contributed by atoms with E-state index in [1.54, 1.807) is 0 Å². The van der Waals surface area contributed by atoms with Gasteiger partial charge < -0.3 is 14.7 Å². The average molecular weight is 267 g/mol. The quantitative estimate of drug-likeness (QED) is 0.702. The molecule has 0 radical (unpaired) electrons. The maximum atomic E-state index is 12.1. The van der Waals surface area contributed by atoms with Gasteiger partial charge in [0.2, 0.25) is 11.8 Å². The van der Waals surface area contributed by atoms with Crippen LogP contribution in [0.3, 0.4) is 0 Å². The van der Waals surface area contributed by atoms with Crippen LogP contribution in [0, 0.1) is 0 Å². The van der Waals surface area contributed by atoms with Gasteiger partial charge >= 0.3 is 0 Å². The van der Waals surface area contributed by atoms with E-state index < -0.39 is 0 Å². The predicted octanol–water partition coefficient (Wildman–Crippen LogP) is 0.553. The number of hydrogen-bond donors (Lipinski definition) is 0. The molecule has 2 aliphatic heterocycles. The first-order valence-electron chi connectivity index (χ1n) is 7.48. The number of rotatable bonds is 3. The molecule has 2 heterocycles. The average Bonchev–Trinajstić information content (AvgIpc) is 2.48. The Morgan fingerprint density at radius 1 is 0.789 bits per heavy atom. The summed E-state index contributed by atoms with van der Waals surface area (Å²) in [6.45, 7) is 8.22. The van der Waals surface area contributed by atoms with E-state index in [2.05, 4.69) is 11.8 Å². The summed E-state index contributed by atoms with van der Waals surface area (Å²) in [6.07, 6.45) is 3.42. The summed E-state index contributed by atoms with van der Waals surface area (Å²) in [4.78, 5) is 30.2. The van der Waals surface area contributed by atoms with Crippen molar-refractivity contribution in [3.8, 4) is 0 Å². The SMILES string of the molecule is CCN1CCN(C(=O)CC(=O)N2CCCCC2)CC1. The summed E-state index contributed by atoms with van der Waals surface area (Å²) in [5.41, 5.74) is 0. The van der Waals surface area contributed by atoms with Crippen LogP contribution in [0.1, 0.15) is 32.6 Å². The van der Waals surface area contributed by atoms with Crippen molar-refractivity contribution in [3.05, 3.63) is 0 Å². The Bertz CT molecular complexity index is 319. The second-order valence-electron chi connectivity index (χ2n) is 5.43. The fraction of sp³-hybridized carbons (Fsp3) is 0.857. The second kappa shape index (κ2) is 6.89. The van der Waals surface area contributed by atoms with E-state index >= 15 is 0 Å². The lowest BCUT2D eigenvalue weighted by Gasteiger charge is -2.34. The van der Waals surface area contributed by atoms with Gasteiger partial charge in [-0.1, -0.05) is 6.92 Å². The van der Waals surface area contributed by atoms with Gasteiger partial charge in [0.15, 0.2) is 0 Å². The zero-order valence-corrected chi connectivity index (χ0v) is 11.9. The van der Waals surface area contributed by atoms with Crippen LogP contribution in [0.25, 0.3) is 0 Å². The predicted molar refractivity (Wildman–Crippen MR) is 73.7 cm³/mol. The second-order valence-corrected chi connectivity index (χ2v) is 5.43. The molecular formula is C14H25N3O2. The first kappa shape index (κ1) is 14.3. The van der Waals surface area contributed by atoms with Crippen LogP contribution in [0.4, 0.5) is 0 Å². The maximum absolute atomic E-state index is 12.1. The van der Waals surface area contributed by atoms with Gasteiger partial charge in [-0.15, -0.1) is 0 Å². The molecule has 108 valence electrons. The van der Waals surface area contributed by atoms with Crippen LogP contribution in [-0.2, 0) is 9.59 Å². The molecule has 0 N–H and O–H groups in total. The molecule has 0 bridgehead atoms. The van der Waals surface area contributed by atoms with Crippen molar-refractivity contribution in [2.24, 2.45) is 0 Å². The van der Waals surface area contributed by atoms with Crippen LogP contribution >= 0.6 is 0 Å². The van der Waals surface area contributed by atoms with Gasteiger partial charge in [0.25, 0.3) is 0 Å². The topological polar surface area (TPSA) is 43.9 Å². The van der Waals surface area contributed by atoms with Crippen LogP contribution in [-0.4, -0.2) is 72.3 Å². The lowest BCUT2D eigenvalue weighted by Crippen LogP contribution is -2.49. The zero-order valence-electron chi connectivity index (χ0n) is 11.9. The normalized spacial score (nSPS) is 21.5. The Balaban J connectivity index is 1.76. The zero-order chi connectivity index (χ0) is 13.7. The smallest absolute Gasteiger partial charge is 0.232 e. The Morgan fingerprint density at radius 2 is 1.32 bits per heavy atom. The van der Waals surface area contributed by atoms with E-state index in [0.29, 0.717) is 0 Å². The fourth-order valence-corrected chi connectivity index (χ4v) is 2.81. The minimum absolute atomic E-state index is 0.00586. The van der Waals surface area contributed by atoms with Crippen LogP contribution < -0.4 is 0 Å². The molecular weight excluding hydrogens is 242 g/mol. The van der Waals surface area contributed by atoms with E-state index in [-0.39, 0.29) is 18.2 Å². The lowest BCUT2D eigenvalue weighted by atomic mass is 10.1. The van der Waals surface area contributed by atoms with Gasteiger partial charge in [-0.25, -0.2) is 0 Å². The molecule has 2 rings (SSSR count). The van der Waals surface area contributed by atoms with Crippen molar-refractivity contribution >= 4 is 11.8 Å². The molecule has 5 nitrogen and oxygen atoms in total. The molecule has 2 aliphatic rings. The van der Waals surface area contributed by atoms with Crippen molar-refractivity contribution in [3.63, 3.8) is 0 Å². The Kier molecular flexibility index (Phi) is 5.19. The molecule has 0 aromatic carbocycles. The Labute approximate surface area is 115 Å². The summed E-state index contributed by atoms with van der Waals surface area (Å²) >= 11 is 0. The summed E-state index contributed by atoms with van der Waals surface area (Å²) in [5.74, 6) is 0.0222. The monoisotopic (exact) mass is 267 g/mol. The van der Waals surface area contributed by atoms with Crippen molar-refractivity contribution < 1.29 is 9.59 Å². The molecule has 0 atom stereocenters. The minimum Gasteiger partial charge on any atom is -0.342 e. The number of nitrogens with zero attached hydrogens (tertiary/aromatic N) is 3. The highest BCUT2D eigenvalue weighted by Crippen LogP contribution is 2.11. The summed E-state index contributed by atoms with van der Waals surface area (Å²) in [5, 5.41) is 0. The van der Waals surface area contributed by atoms with Crippen molar-refractivity contribution in [2.75, 3.05) is 45.8 Å². The van der Waals surface area contributed by atoms with Gasteiger partial charge in [0, 0.05) is 39.3 Å². The van der Waals surface area contributed by atoms with Crippen molar-refractivity contribution in [1.82, 2.24) is 14.7 Å². The molecule has 0 aromatic rings. The number of amides is 2. The van der Waals surface area contributed by atoms with Gasteiger partial charge in [-0.3, -0.25) is 9.59 Å². The molecule has 19 heavy (non-hydrogen) atoms. The van der Waals surface area contributed by atoms with Crippen molar-refractivity contribution in [1.29, 1.82) is 0 Å². The highest BCUT2D eigenvalue weighted by molar-refractivity contribution is 5.97. The third kappa shape index (κ3) is 3.93. The standard InChI is InChI=1S/C14H25N3O2/c1-2-15-8-10-17(11-9-15)14(19)12-13(18)16-6-4-3-5-7-16/h2-12H2,1H3. The molecule has 2 fully saturated rings. The Hall–Kier alpha value is -1.10. The molecule has 0 aromatic heterocycles. The Morgan fingerprint density at radius 3 is 1.84 bits per heavy atom. The van der Waals surface area contributed by atoms with Crippen LogP contribution in [0.2, 0.25) is 0 Å². The highest BCUT2D eigenvalue weighted by atomic mass is 16.2. The van der Waals surface area contributed by atoms with Gasteiger partial charge in [0.05, 0.1) is 0 Å². The lowest BCUT2D eigenvalue weighted by molar-refractivity contribution is -0.142. The third-order valence-corrected chi connectivity index (χ3v) is 4.18. The number of carbonyl (C=O) groups is 2. The number of hydrogen-bond acceptors (Lipinski definition) is 3. The molecule has 0 unspecified atom stereocenters. The largest absolute Gasteiger partial charge is 0.342 e. The molecule has 0 aliphatic carbocycles. The highest BCUT2D eigenvalue weighted by Gasteiger charge is 2.24. The molecule has 2 saturated heterocycles.